The quantitative estimate of drug-likeness (QED) is 0.309. The van der Waals surface area contributed by atoms with E-state index in [9.17, 15) is 9.90 Å². The van der Waals surface area contributed by atoms with Gasteiger partial charge in [-0.2, -0.15) is 0 Å². The lowest BCUT2D eigenvalue weighted by atomic mass is 9.84. The first kappa shape index (κ1) is 27.4. The van der Waals surface area contributed by atoms with Crippen molar-refractivity contribution in [1.29, 1.82) is 0 Å². The van der Waals surface area contributed by atoms with Gasteiger partial charge in [0.2, 0.25) is 0 Å². The van der Waals surface area contributed by atoms with Gasteiger partial charge in [-0.1, -0.05) is 55.4 Å². The second kappa shape index (κ2) is 11.0. The Morgan fingerprint density at radius 1 is 0.929 bits per heavy atom. The van der Waals surface area contributed by atoms with Crippen molar-refractivity contribution in [3.8, 4) is 0 Å². The van der Waals surface area contributed by atoms with Crippen LogP contribution in [0.15, 0.2) is 0 Å². The molecule has 5 nitrogen and oxygen atoms in total. The van der Waals surface area contributed by atoms with Crippen molar-refractivity contribution in [3.05, 3.63) is 0 Å². The standard InChI is InChI=1S/C22H47NO4Si/c1-16(2)28(17(3)4,18(5)6)26-15-14-22(10,11)13-12-19(24)23-20(25)27-21(7,8)9/h16-19,24H,12-15H2,1-11H3,(H,23,25)/t19-/m0/s1. The molecule has 168 valence electrons. The highest BCUT2D eigenvalue weighted by molar-refractivity contribution is 6.77. The van der Waals surface area contributed by atoms with Crippen LogP contribution >= 0.6 is 0 Å². The Hall–Kier alpha value is -0.593. The average Bonchev–Trinajstić information content (AvgIpc) is 2.46. The molecule has 0 aliphatic heterocycles. The molecule has 0 aliphatic rings. The van der Waals surface area contributed by atoms with Crippen molar-refractivity contribution < 1.29 is 19.1 Å². The van der Waals surface area contributed by atoms with E-state index < -0.39 is 26.2 Å². The van der Waals surface area contributed by atoms with E-state index in [2.05, 4.69) is 60.7 Å². The van der Waals surface area contributed by atoms with Crippen LogP contribution in [0.5, 0.6) is 0 Å². The minimum atomic E-state index is -1.84. The Bertz CT molecular complexity index is 448. The first-order valence-corrected chi connectivity index (χ1v) is 13.0. The van der Waals surface area contributed by atoms with E-state index in [0.29, 0.717) is 23.0 Å². The summed E-state index contributed by atoms with van der Waals surface area (Å²) in [7, 11) is -1.84. The number of alkyl carbamates (subject to hydrolysis) is 1. The molecule has 0 spiro atoms. The average molecular weight is 418 g/mol. The topological polar surface area (TPSA) is 67.8 Å². The summed E-state index contributed by atoms with van der Waals surface area (Å²) in [6, 6.07) is 0. The van der Waals surface area contributed by atoms with Gasteiger partial charge in [0.05, 0.1) is 0 Å². The number of aliphatic hydroxyl groups is 1. The van der Waals surface area contributed by atoms with E-state index in [1.54, 1.807) is 20.8 Å². The minimum absolute atomic E-state index is 0.0294. The number of carbonyl (C=O) groups is 1. The van der Waals surface area contributed by atoms with Gasteiger partial charge in [0.1, 0.15) is 11.8 Å². The zero-order valence-electron chi connectivity index (χ0n) is 20.3. The molecule has 0 aromatic heterocycles. The Morgan fingerprint density at radius 3 is 1.79 bits per heavy atom. The number of aliphatic hydroxyl groups excluding tert-OH is 1. The first-order valence-electron chi connectivity index (χ1n) is 10.8. The Kier molecular flexibility index (Phi) is 10.7. The number of ether oxygens (including phenoxy) is 1. The molecule has 0 aromatic rings. The molecular formula is C22H47NO4Si. The van der Waals surface area contributed by atoms with Crippen LogP contribution in [-0.4, -0.2) is 38.0 Å². The van der Waals surface area contributed by atoms with E-state index in [1.807, 2.05) is 0 Å². The van der Waals surface area contributed by atoms with E-state index >= 15 is 0 Å². The normalized spacial score (nSPS) is 14.7. The highest BCUT2D eigenvalue weighted by Crippen LogP contribution is 2.42. The van der Waals surface area contributed by atoms with Gasteiger partial charge in [-0.05, 0) is 62.1 Å². The van der Waals surface area contributed by atoms with Crippen LogP contribution in [0.3, 0.4) is 0 Å². The molecule has 28 heavy (non-hydrogen) atoms. The third kappa shape index (κ3) is 9.27. The lowest BCUT2D eigenvalue weighted by Crippen LogP contribution is -2.48. The summed E-state index contributed by atoms with van der Waals surface area (Å²) in [6.07, 6.45) is 0.751. The highest BCUT2D eigenvalue weighted by Gasteiger charge is 2.45. The summed E-state index contributed by atoms with van der Waals surface area (Å²) in [5.41, 5.74) is 1.20. The number of carbonyl (C=O) groups excluding carboxylic acids is 1. The van der Waals surface area contributed by atoms with Crippen molar-refractivity contribution in [2.75, 3.05) is 6.61 Å². The summed E-state index contributed by atoms with van der Waals surface area (Å²) in [4.78, 5) is 11.8. The predicted octanol–water partition coefficient (Wildman–Crippen LogP) is 6.22. The second-order valence-corrected chi connectivity index (χ2v) is 16.2. The molecule has 0 aliphatic carbocycles. The number of hydrogen-bond donors (Lipinski definition) is 2. The maximum atomic E-state index is 11.8. The molecular weight excluding hydrogens is 370 g/mol. The molecule has 0 unspecified atom stereocenters. The third-order valence-electron chi connectivity index (χ3n) is 5.62. The van der Waals surface area contributed by atoms with Gasteiger partial charge in [-0.25, -0.2) is 4.79 Å². The fourth-order valence-corrected chi connectivity index (χ4v) is 9.63. The van der Waals surface area contributed by atoms with Crippen LogP contribution in [0.2, 0.25) is 16.6 Å². The molecule has 2 N–H and O–H groups in total. The molecule has 0 aromatic carbocycles. The van der Waals surface area contributed by atoms with Gasteiger partial charge in [-0.3, -0.25) is 5.32 Å². The van der Waals surface area contributed by atoms with Crippen molar-refractivity contribution in [2.45, 2.75) is 124 Å². The predicted molar refractivity (Wildman–Crippen MR) is 120 cm³/mol. The van der Waals surface area contributed by atoms with Crippen LogP contribution in [0.1, 0.15) is 95.4 Å². The van der Waals surface area contributed by atoms with Gasteiger partial charge < -0.3 is 14.3 Å². The number of hydrogen-bond acceptors (Lipinski definition) is 4. The van der Waals surface area contributed by atoms with E-state index in [-0.39, 0.29) is 5.41 Å². The van der Waals surface area contributed by atoms with E-state index in [4.69, 9.17) is 9.16 Å². The fourth-order valence-electron chi connectivity index (χ4n) is 4.17. The summed E-state index contributed by atoms with van der Waals surface area (Å²) in [5, 5.41) is 12.6. The van der Waals surface area contributed by atoms with Gasteiger partial charge in [0.15, 0.2) is 8.32 Å². The summed E-state index contributed by atoms with van der Waals surface area (Å²) >= 11 is 0. The molecule has 0 fully saturated rings. The van der Waals surface area contributed by atoms with Crippen LogP contribution < -0.4 is 5.32 Å². The zero-order chi connectivity index (χ0) is 22.3. The Labute approximate surface area is 175 Å². The highest BCUT2D eigenvalue weighted by atomic mass is 28.4. The van der Waals surface area contributed by atoms with Gasteiger partial charge in [-0.15, -0.1) is 0 Å². The lowest BCUT2D eigenvalue weighted by Gasteiger charge is -2.43. The Morgan fingerprint density at radius 2 is 1.39 bits per heavy atom. The van der Waals surface area contributed by atoms with E-state index in [1.165, 1.54) is 0 Å². The van der Waals surface area contributed by atoms with Crippen molar-refractivity contribution in [2.24, 2.45) is 5.41 Å². The molecule has 0 radical (unpaired) electrons. The minimum Gasteiger partial charge on any atom is -0.444 e. The fraction of sp³-hybridized carbons (Fsp3) is 0.955. The largest absolute Gasteiger partial charge is 0.444 e. The number of rotatable bonds is 11. The molecule has 1 atom stereocenters. The summed E-state index contributed by atoms with van der Waals surface area (Å²) in [6.45, 7) is 24.4. The maximum absolute atomic E-state index is 11.8. The van der Waals surface area contributed by atoms with Crippen LogP contribution in [0, 0.1) is 5.41 Å². The number of amides is 1. The molecule has 0 heterocycles. The SMILES string of the molecule is CC(C)[Si](OCCC(C)(C)CC[C@H](O)NC(=O)OC(C)(C)C)(C(C)C)C(C)C. The summed E-state index contributed by atoms with van der Waals surface area (Å²) < 4.78 is 11.8. The zero-order valence-corrected chi connectivity index (χ0v) is 21.3. The maximum Gasteiger partial charge on any atom is 0.409 e. The van der Waals surface area contributed by atoms with Gasteiger partial charge in [0.25, 0.3) is 0 Å². The molecule has 0 saturated heterocycles. The van der Waals surface area contributed by atoms with Gasteiger partial charge >= 0.3 is 6.09 Å². The van der Waals surface area contributed by atoms with Crippen LogP contribution in [0.4, 0.5) is 4.79 Å². The second-order valence-electron chi connectivity index (χ2n) is 10.8. The lowest BCUT2D eigenvalue weighted by molar-refractivity contribution is 0.0315. The first-order chi connectivity index (χ1) is 12.5. The molecule has 0 bridgehead atoms. The number of nitrogens with one attached hydrogen (secondary N) is 1. The van der Waals surface area contributed by atoms with Crippen molar-refractivity contribution in [3.63, 3.8) is 0 Å². The molecule has 6 heteroatoms. The summed E-state index contributed by atoms with van der Waals surface area (Å²) in [5.74, 6) is 0. The van der Waals surface area contributed by atoms with E-state index in [0.717, 1.165) is 19.4 Å². The Balaban J connectivity index is 4.59. The van der Waals surface area contributed by atoms with Crippen molar-refractivity contribution >= 4 is 14.4 Å². The third-order valence-corrected chi connectivity index (χ3v) is 11.7. The van der Waals surface area contributed by atoms with Crippen LogP contribution in [0.25, 0.3) is 0 Å². The van der Waals surface area contributed by atoms with Gasteiger partial charge in [0, 0.05) is 6.61 Å². The van der Waals surface area contributed by atoms with Crippen LogP contribution in [-0.2, 0) is 9.16 Å². The van der Waals surface area contributed by atoms with Crippen molar-refractivity contribution in [1.82, 2.24) is 5.32 Å². The smallest absolute Gasteiger partial charge is 0.409 e. The monoisotopic (exact) mass is 417 g/mol. The molecule has 1 amide bonds. The molecule has 0 saturated carbocycles. The molecule has 0 rings (SSSR count).